The van der Waals surface area contributed by atoms with E-state index in [1.807, 2.05) is 0 Å². The van der Waals surface area contributed by atoms with E-state index in [2.05, 4.69) is 16.7 Å². The molecule has 0 spiro atoms. The van der Waals surface area contributed by atoms with Gasteiger partial charge >= 0.3 is 134 Å². The Balaban J connectivity index is -0.000000508. The monoisotopic (exact) mass is 1420 g/mol. The Hall–Kier alpha value is -2.88. The molecule has 0 aliphatic heterocycles. The standard InChI is InChI=1S/4C8H9F9O3S/c4*1-2-3-4-20-21(18,19)8(16,17)6(11,12)5(9,10)7(13,14)15/h4*2-4H2,1H3. The molecule has 0 aromatic heterocycles. The molecule has 0 radical (unpaired) electrons. The van der Waals surface area contributed by atoms with Crippen LogP contribution in [0.5, 0.6) is 0 Å². The lowest BCUT2D eigenvalue weighted by molar-refractivity contribution is -0.383. The zero-order chi connectivity index (χ0) is 69.3. The zero-order valence-electron chi connectivity index (χ0n) is 40.6. The molecule has 84 heavy (non-hydrogen) atoms. The molecular weight excluding hydrogens is 1390 g/mol. The van der Waals surface area contributed by atoms with Crippen molar-refractivity contribution in [1.82, 2.24) is 0 Å². The summed E-state index contributed by atoms with van der Waals surface area (Å²) in [6.07, 6.45) is -28.6. The van der Waals surface area contributed by atoms with Gasteiger partial charge in [0.25, 0.3) is 0 Å². The van der Waals surface area contributed by atoms with Gasteiger partial charge in [-0.3, -0.25) is 16.7 Å². The highest BCUT2D eigenvalue weighted by molar-refractivity contribution is 7.88. The van der Waals surface area contributed by atoms with E-state index in [1.54, 1.807) is 0 Å². The summed E-state index contributed by atoms with van der Waals surface area (Å²) < 4.78 is 547. The van der Waals surface area contributed by atoms with E-state index in [-0.39, 0.29) is 51.4 Å². The van der Waals surface area contributed by atoms with E-state index in [1.165, 1.54) is 27.7 Å². The lowest BCUT2D eigenvalue weighted by Gasteiger charge is -2.32. The van der Waals surface area contributed by atoms with E-state index in [0.29, 0.717) is 0 Å². The summed E-state index contributed by atoms with van der Waals surface area (Å²) in [7, 11) is -26.8. The first-order valence-corrected chi connectivity index (χ1v) is 26.2. The zero-order valence-corrected chi connectivity index (χ0v) is 43.9. The van der Waals surface area contributed by atoms with Crippen molar-refractivity contribution in [2.75, 3.05) is 26.4 Å². The van der Waals surface area contributed by atoms with Crippen LogP contribution in [-0.4, -0.2) is 153 Å². The molecule has 0 aliphatic carbocycles. The molecule has 0 rings (SSSR count). The second-order valence-corrected chi connectivity index (χ2v) is 21.8. The maximum atomic E-state index is 13.0. The maximum absolute atomic E-state index is 13.0. The molecule has 0 atom stereocenters. The number of alkyl halides is 36. The van der Waals surface area contributed by atoms with Crippen molar-refractivity contribution >= 4 is 40.5 Å². The van der Waals surface area contributed by atoms with Gasteiger partial charge in [0.2, 0.25) is 0 Å². The second-order valence-electron chi connectivity index (χ2n) is 15.2. The van der Waals surface area contributed by atoms with Crippen LogP contribution in [0.25, 0.3) is 0 Å². The molecule has 52 heteroatoms. The van der Waals surface area contributed by atoms with Gasteiger partial charge in [0.15, 0.2) is 0 Å². The van der Waals surface area contributed by atoms with Crippen molar-refractivity contribution < 1.29 is 208 Å². The van der Waals surface area contributed by atoms with Crippen molar-refractivity contribution in [3.05, 3.63) is 0 Å². The topological polar surface area (TPSA) is 173 Å². The molecule has 0 saturated heterocycles. The fraction of sp³-hybridized carbons (Fsp3) is 1.00. The molecule has 0 heterocycles. The van der Waals surface area contributed by atoms with Gasteiger partial charge < -0.3 is 0 Å². The van der Waals surface area contributed by atoms with Gasteiger partial charge in [0.1, 0.15) is 0 Å². The Morgan fingerprint density at radius 3 is 0.405 bits per heavy atom. The van der Waals surface area contributed by atoms with Crippen molar-refractivity contribution in [3.63, 3.8) is 0 Å². The van der Waals surface area contributed by atoms with Gasteiger partial charge in [-0.25, -0.2) is 0 Å². The largest absolute Gasteiger partial charge is 0.460 e. The van der Waals surface area contributed by atoms with Crippen LogP contribution in [0, 0.1) is 0 Å². The Bertz CT molecular complexity index is 2160. The summed E-state index contributed by atoms with van der Waals surface area (Å²) in [5, 5.41) is -27.1. The minimum Gasteiger partial charge on any atom is -0.265 e. The van der Waals surface area contributed by atoms with Gasteiger partial charge in [0, 0.05) is 0 Å². The van der Waals surface area contributed by atoms with Crippen LogP contribution >= 0.6 is 0 Å². The van der Waals surface area contributed by atoms with Crippen LogP contribution in [-0.2, 0) is 57.2 Å². The van der Waals surface area contributed by atoms with Gasteiger partial charge in [0.05, 0.1) is 26.4 Å². The van der Waals surface area contributed by atoms with Crippen molar-refractivity contribution in [2.45, 2.75) is 172 Å². The van der Waals surface area contributed by atoms with Crippen LogP contribution in [0.3, 0.4) is 0 Å². The number of halogens is 36. The molecule has 0 fully saturated rings. The Labute approximate surface area is 447 Å². The maximum Gasteiger partial charge on any atom is 0.460 e. The number of hydrogen-bond acceptors (Lipinski definition) is 12. The van der Waals surface area contributed by atoms with Crippen molar-refractivity contribution in [1.29, 1.82) is 0 Å². The highest BCUT2D eigenvalue weighted by Gasteiger charge is 2.89. The lowest BCUT2D eigenvalue weighted by atomic mass is 10.1. The summed E-state index contributed by atoms with van der Waals surface area (Å²) in [4.78, 5) is 0. The molecule has 0 aromatic rings. The predicted octanol–water partition coefficient (Wildman–Crippen LogP) is 14.2. The number of unbranched alkanes of at least 4 members (excludes halogenated alkanes) is 4. The number of rotatable bonds is 28. The predicted molar refractivity (Wildman–Crippen MR) is 203 cm³/mol. The van der Waals surface area contributed by atoms with Crippen LogP contribution in [0.2, 0.25) is 0 Å². The average Bonchev–Trinajstić information content (AvgIpc) is 3.27. The summed E-state index contributed by atoms with van der Waals surface area (Å²) >= 11 is 0. The summed E-state index contributed by atoms with van der Waals surface area (Å²) in [5.74, 6) is -58.1. The molecule has 0 aliphatic rings. The van der Waals surface area contributed by atoms with Crippen LogP contribution < -0.4 is 0 Å². The Kier molecular flexibility index (Phi) is 29.5. The van der Waals surface area contributed by atoms with Gasteiger partial charge in [-0.15, -0.1) is 0 Å². The average molecular weight is 1420 g/mol. The summed E-state index contributed by atoms with van der Waals surface area (Å²) in [6, 6.07) is 0. The number of hydrogen-bond donors (Lipinski definition) is 0. The van der Waals surface area contributed by atoms with E-state index in [4.69, 9.17) is 0 Å². The van der Waals surface area contributed by atoms with E-state index in [9.17, 15) is 192 Å². The first-order valence-electron chi connectivity index (χ1n) is 20.6. The molecule has 0 bridgehead atoms. The molecule has 0 amide bonds. The SMILES string of the molecule is CCCCOS(=O)(=O)C(F)(F)C(F)(F)C(F)(F)C(F)(F)F.CCCCOS(=O)(=O)C(F)(F)C(F)(F)C(F)(F)C(F)(F)F.CCCCOS(=O)(=O)C(F)(F)C(F)(F)C(F)(F)C(F)(F)F.CCCCOS(=O)(=O)C(F)(F)C(F)(F)C(F)(F)C(F)(F)F. The Morgan fingerprint density at radius 2 is 0.321 bits per heavy atom. The quantitative estimate of drug-likeness (QED) is 0.0413. The fourth-order valence-electron chi connectivity index (χ4n) is 3.62. The van der Waals surface area contributed by atoms with Gasteiger partial charge in [-0.05, 0) is 25.7 Å². The van der Waals surface area contributed by atoms with Crippen molar-refractivity contribution in [3.8, 4) is 0 Å². The lowest BCUT2D eigenvalue weighted by Crippen LogP contribution is -2.63. The van der Waals surface area contributed by atoms with Gasteiger partial charge in [-0.1, -0.05) is 53.4 Å². The summed E-state index contributed by atoms with van der Waals surface area (Å²) in [5.41, 5.74) is 0. The molecule has 512 valence electrons. The van der Waals surface area contributed by atoms with E-state index < -0.39 is 160 Å². The molecule has 0 N–H and O–H groups in total. The third-order valence-corrected chi connectivity index (χ3v) is 14.1. The van der Waals surface area contributed by atoms with Crippen LogP contribution in [0.15, 0.2) is 0 Å². The molecule has 0 aromatic carbocycles. The minimum atomic E-state index is -7.27. The third-order valence-electron chi connectivity index (χ3n) is 8.66. The van der Waals surface area contributed by atoms with E-state index >= 15 is 0 Å². The van der Waals surface area contributed by atoms with Crippen LogP contribution in [0.1, 0.15) is 79.1 Å². The van der Waals surface area contributed by atoms with Crippen LogP contribution in [0.4, 0.5) is 158 Å². The first-order chi connectivity index (χ1) is 36.2. The van der Waals surface area contributed by atoms with Gasteiger partial charge in [-0.2, -0.15) is 192 Å². The fourth-order valence-corrected chi connectivity index (χ4v) is 7.33. The minimum absolute atomic E-state index is 0.163. The smallest absolute Gasteiger partial charge is 0.265 e. The third kappa shape index (κ3) is 17.7. The Morgan fingerprint density at radius 1 is 0.214 bits per heavy atom. The van der Waals surface area contributed by atoms with E-state index in [0.717, 1.165) is 0 Å². The molecule has 0 unspecified atom stereocenters. The molecular formula is C32H36F36O12S4. The second kappa shape index (κ2) is 28.3. The summed E-state index contributed by atoms with van der Waals surface area (Å²) in [6.45, 7) is 1.40. The van der Waals surface area contributed by atoms with Crippen molar-refractivity contribution in [2.24, 2.45) is 0 Å². The molecule has 12 nitrogen and oxygen atoms in total. The highest BCUT2D eigenvalue weighted by Crippen LogP contribution is 2.59. The first kappa shape index (κ1) is 87.6. The molecule has 0 saturated carbocycles. The normalized spacial score (nSPS) is 15.3. The highest BCUT2D eigenvalue weighted by atomic mass is 32.2.